The quantitative estimate of drug-likeness (QED) is 0.503. The van der Waals surface area contributed by atoms with Crippen LogP contribution < -0.4 is 10.2 Å². The molecule has 4 nitrogen and oxygen atoms in total. The molecule has 100 valence electrons. The standard InChI is InChI=1S/C16H14N2O2/c1-18-13-10-6-5-9-12(13)17-14(16(18)20)15(19)11-7-3-2-4-8-11/h2-10,14,17H,1H3/p+1/t14-/m0/s1. The lowest BCUT2D eigenvalue weighted by Crippen LogP contribution is -2.92. The van der Waals surface area contributed by atoms with Crippen LogP contribution >= 0.6 is 0 Å². The molecule has 1 aliphatic rings. The minimum atomic E-state index is -0.739. The molecule has 2 N–H and O–H groups in total. The summed E-state index contributed by atoms with van der Waals surface area (Å²) < 4.78 is 0. The summed E-state index contributed by atoms with van der Waals surface area (Å²) in [6.45, 7) is 0. The summed E-state index contributed by atoms with van der Waals surface area (Å²) in [5, 5.41) is 1.76. The molecule has 4 heteroatoms. The number of likely N-dealkylation sites (N-methyl/N-ethyl adjacent to an activating group) is 1. The summed E-state index contributed by atoms with van der Waals surface area (Å²) in [7, 11) is 1.71. The molecule has 0 spiro atoms. The molecule has 0 saturated carbocycles. The van der Waals surface area contributed by atoms with Crippen LogP contribution in [0.15, 0.2) is 54.6 Å². The monoisotopic (exact) mass is 267 g/mol. The first-order valence-electron chi connectivity index (χ1n) is 6.49. The van der Waals surface area contributed by atoms with Crippen LogP contribution in [0.3, 0.4) is 0 Å². The molecular weight excluding hydrogens is 252 g/mol. The Morgan fingerprint density at radius 1 is 1.05 bits per heavy atom. The van der Waals surface area contributed by atoms with Crippen LogP contribution in [-0.2, 0) is 4.79 Å². The fourth-order valence-electron chi connectivity index (χ4n) is 2.48. The number of ketones is 1. The number of carbonyl (C=O) groups excluding carboxylic acids is 2. The Morgan fingerprint density at radius 3 is 2.45 bits per heavy atom. The number of hydrogen-bond acceptors (Lipinski definition) is 2. The number of para-hydroxylation sites is 2. The van der Waals surface area contributed by atoms with Gasteiger partial charge in [-0.25, -0.2) is 0 Å². The van der Waals surface area contributed by atoms with Crippen molar-refractivity contribution in [1.29, 1.82) is 0 Å². The molecule has 0 bridgehead atoms. The van der Waals surface area contributed by atoms with Crippen LogP contribution in [0.5, 0.6) is 0 Å². The van der Waals surface area contributed by atoms with E-state index in [1.54, 1.807) is 41.5 Å². The number of nitrogens with two attached hydrogens (primary N) is 1. The fourth-order valence-corrected chi connectivity index (χ4v) is 2.48. The Kier molecular flexibility index (Phi) is 3.08. The van der Waals surface area contributed by atoms with Crippen LogP contribution in [0.2, 0.25) is 0 Å². The molecule has 0 fully saturated rings. The zero-order valence-electron chi connectivity index (χ0n) is 11.1. The van der Waals surface area contributed by atoms with E-state index in [2.05, 4.69) is 0 Å². The number of quaternary nitrogens is 1. The average Bonchev–Trinajstić information content (AvgIpc) is 2.51. The topological polar surface area (TPSA) is 54.0 Å². The Hall–Kier alpha value is -2.46. The number of Topliss-reactive ketones (excluding diaryl/α,β-unsaturated/α-hetero) is 1. The van der Waals surface area contributed by atoms with Crippen molar-refractivity contribution < 1.29 is 14.9 Å². The van der Waals surface area contributed by atoms with Crippen molar-refractivity contribution in [3.05, 3.63) is 60.2 Å². The van der Waals surface area contributed by atoms with Gasteiger partial charge in [-0.05, 0) is 6.07 Å². The second kappa shape index (κ2) is 4.90. The number of benzene rings is 2. The number of anilines is 1. The highest BCUT2D eigenvalue weighted by atomic mass is 16.2. The minimum Gasteiger partial charge on any atom is -0.305 e. The molecule has 2 aromatic carbocycles. The van der Waals surface area contributed by atoms with Gasteiger partial charge in [-0.15, -0.1) is 0 Å². The SMILES string of the molecule is CN1C(=O)[C@H](C(=O)c2ccccc2)[NH2+]c2ccccc21. The lowest BCUT2D eigenvalue weighted by molar-refractivity contribution is -0.582. The molecular formula is C16H15N2O2+. The van der Waals surface area contributed by atoms with Gasteiger partial charge in [0.05, 0.1) is 0 Å². The predicted molar refractivity (Wildman–Crippen MR) is 76.0 cm³/mol. The van der Waals surface area contributed by atoms with E-state index < -0.39 is 6.04 Å². The molecule has 0 aliphatic carbocycles. The molecule has 0 saturated heterocycles. The molecule has 1 heterocycles. The Morgan fingerprint density at radius 2 is 1.70 bits per heavy atom. The highest BCUT2D eigenvalue weighted by Gasteiger charge is 2.39. The van der Waals surface area contributed by atoms with E-state index in [1.807, 2.05) is 30.3 Å². The molecule has 1 aliphatic heterocycles. The summed E-state index contributed by atoms with van der Waals surface area (Å²) >= 11 is 0. The Balaban J connectivity index is 1.97. The van der Waals surface area contributed by atoms with Gasteiger partial charge in [0, 0.05) is 18.7 Å². The van der Waals surface area contributed by atoms with Gasteiger partial charge in [0.15, 0.2) is 5.69 Å². The molecule has 1 amide bonds. The fraction of sp³-hybridized carbons (Fsp3) is 0.125. The van der Waals surface area contributed by atoms with Crippen molar-refractivity contribution >= 4 is 23.1 Å². The average molecular weight is 267 g/mol. The lowest BCUT2D eigenvalue weighted by atomic mass is 10.00. The maximum Gasteiger partial charge on any atom is 0.293 e. The molecule has 20 heavy (non-hydrogen) atoms. The van der Waals surface area contributed by atoms with E-state index in [4.69, 9.17) is 0 Å². The van der Waals surface area contributed by atoms with E-state index in [0.717, 1.165) is 11.4 Å². The zero-order chi connectivity index (χ0) is 14.1. The van der Waals surface area contributed by atoms with Crippen molar-refractivity contribution in [2.45, 2.75) is 6.04 Å². The first-order chi connectivity index (χ1) is 9.68. The lowest BCUT2D eigenvalue weighted by Gasteiger charge is -2.28. The van der Waals surface area contributed by atoms with Gasteiger partial charge in [0.25, 0.3) is 5.91 Å². The summed E-state index contributed by atoms with van der Waals surface area (Å²) in [6, 6.07) is 15.8. The number of hydrogen-bond donors (Lipinski definition) is 1. The highest BCUT2D eigenvalue weighted by molar-refractivity contribution is 6.17. The summed E-state index contributed by atoms with van der Waals surface area (Å²) in [5.41, 5.74) is 2.33. The van der Waals surface area contributed by atoms with Gasteiger partial charge in [0.1, 0.15) is 5.69 Å². The largest absolute Gasteiger partial charge is 0.305 e. The van der Waals surface area contributed by atoms with Gasteiger partial charge < -0.3 is 4.90 Å². The normalized spacial score (nSPS) is 17.8. The molecule has 0 aromatic heterocycles. The van der Waals surface area contributed by atoms with Gasteiger partial charge in [0.2, 0.25) is 11.8 Å². The smallest absolute Gasteiger partial charge is 0.293 e. The molecule has 2 aromatic rings. The van der Waals surface area contributed by atoms with Gasteiger partial charge in [-0.3, -0.25) is 14.9 Å². The van der Waals surface area contributed by atoms with Crippen LogP contribution in [0.25, 0.3) is 0 Å². The summed E-state index contributed by atoms with van der Waals surface area (Å²) in [4.78, 5) is 26.4. The number of amides is 1. The molecule has 3 rings (SSSR count). The van der Waals surface area contributed by atoms with Crippen molar-refractivity contribution in [3.63, 3.8) is 0 Å². The molecule has 1 atom stereocenters. The van der Waals surface area contributed by atoms with Crippen molar-refractivity contribution in [2.75, 3.05) is 11.9 Å². The highest BCUT2D eigenvalue weighted by Crippen LogP contribution is 2.24. The molecule has 0 radical (unpaired) electrons. The van der Waals surface area contributed by atoms with E-state index in [9.17, 15) is 9.59 Å². The van der Waals surface area contributed by atoms with E-state index in [-0.39, 0.29) is 11.7 Å². The maximum absolute atomic E-state index is 12.5. The Bertz CT molecular complexity index is 667. The summed E-state index contributed by atoms with van der Waals surface area (Å²) in [5.74, 6) is -0.338. The number of nitrogens with zero attached hydrogens (tertiary/aromatic N) is 1. The van der Waals surface area contributed by atoms with Crippen LogP contribution in [0.4, 0.5) is 11.4 Å². The van der Waals surface area contributed by atoms with Crippen LogP contribution in [-0.4, -0.2) is 24.8 Å². The van der Waals surface area contributed by atoms with E-state index in [1.165, 1.54) is 0 Å². The summed E-state index contributed by atoms with van der Waals surface area (Å²) in [6.07, 6.45) is 0. The second-order valence-electron chi connectivity index (χ2n) is 4.83. The first-order valence-corrected chi connectivity index (χ1v) is 6.49. The molecule has 0 unspecified atom stereocenters. The minimum absolute atomic E-state index is 0.156. The van der Waals surface area contributed by atoms with Crippen molar-refractivity contribution in [2.24, 2.45) is 0 Å². The van der Waals surface area contributed by atoms with Crippen molar-refractivity contribution in [3.8, 4) is 0 Å². The van der Waals surface area contributed by atoms with E-state index in [0.29, 0.717) is 5.56 Å². The van der Waals surface area contributed by atoms with Gasteiger partial charge >= 0.3 is 0 Å². The Labute approximate surface area is 117 Å². The van der Waals surface area contributed by atoms with Crippen molar-refractivity contribution in [1.82, 2.24) is 0 Å². The third-order valence-electron chi connectivity index (χ3n) is 3.58. The first kappa shape index (κ1) is 12.6. The number of fused-ring (bicyclic) bond motifs is 1. The van der Waals surface area contributed by atoms with Gasteiger partial charge in [-0.1, -0.05) is 42.5 Å². The maximum atomic E-state index is 12.5. The third kappa shape index (κ3) is 2.00. The van der Waals surface area contributed by atoms with E-state index >= 15 is 0 Å². The zero-order valence-corrected chi connectivity index (χ0v) is 11.1. The van der Waals surface area contributed by atoms with Crippen LogP contribution in [0.1, 0.15) is 10.4 Å². The van der Waals surface area contributed by atoms with Crippen LogP contribution in [0, 0.1) is 0 Å². The predicted octanol–water partition coefficient (Wildman–Crippen LogP) is 1.11. The second-order valence-corrected chi connectivity index (χ2v) is 4.83. The number of rotatable bonds is 2. The number of carbonyl (C=O) groups is 2. The third-order valence-corrected chi connectivity index (χ3v) is 3.58. The van der Waals surface area contributed by atoms with Gasteiger partial charge in [-0.2, -0.15) is 0 Å².